The van der Waals surface area contributed by atoms with Crippen LogP contribution in [0.3, 0.4) is 0 Å². The van der Waals surface area contributed by atoms with Gasteiger partial charge in [-0.1, -0.05) is 22.9 Å². The monoisotopic (exact) mass is 303 g/mol. The molecule has 17 heavy (non-hydrogen) atoms. The summed E-state index contributed by atoms with van der Waals surface area (Å²) in [5.74, 6) is -1.94. The third kappa shape index (κ3) is 3.98. The van der Waals surface area contributed by atoms with Crippen molar-refractivity contribution in [2.75, 3.05) is 5.75 Å². The summed E-state index contributed by atoms with van der Waals surface area (Å²) in [6.45, 7) is 0. The number of rotatable bonds is 5. The van der Waals surface area contributed by atoms with Crippen LogP contribution in [0.15, 0.2) is 16.2 Å². The van der Waals surface area contributed by atoms with E-state index in [9.17, 15) is 22.5 Å². The highest BCUT2D eigenvalue weighted by Crippen LogP contribution is 2.28. The van der Waals surface area contributed by atoms with Gasteiger partial charge in [0.1, 0.15) is 15.8 Å². The van der Waals surface area contributed by atoms with Crippen LogP contribution in [0, 0.1) is 0 Å². The fourth-order valence-electron chi connectivity index (χ4n) is 0.828. The summed E-state index contributed by atoms with van der Waals surface area (Å²) < 4.78 is 47.5. The lowest BCUT2D eigenvalue weighted by Crippen LogP contribution is -2.07. The van der Waals surface area contributed by atoms with Gasteiger partial charge < -0.3 is 4.55 Å². The highest BCUT2D eigenvalue weighted by Gasteiger charge is 2.21. The SMILES string of the molecule is O=Cc1nc([S+]([O-])CCC(F)=C(F)F)sc1Cl. The maximum Gasteiger partial charge on any atom is 0.303 e. The van der Waals surface area contributed by atoms with Crippen LogP contribution in [0.1, 0.15) is 16.9 Å². The zero-order valence-corrected chi connectivity index (χ0v) is 10.5. The molecular weight excluding hydrogens is 299 g/mol. The predicted octanol–water partition coefficient (Wildman–Crippen LogP) is 3.18. The normalized spacial score (nSPS) is 12.3. The maximum atomic E-state index is 12.4. The van der Waals surface area contributed by atoms with Gasteiger partial charge in [-0.3, -0.25) is 4.79 Å². The molecule has 0 N–H and O–H groups in total. The first-order valence-corrected chi connectivity index (χ1v) is 6.66. The largest absolute Gasteiger partial charge is 0.610 e. The lowest BCUT2D eigenvalue weighted by atomic mass is 10.4. The van der Waals surface area contributed by atoms with Gasteiger partial charge in [-0.2, -0.15) is 13.8 Å². The van der Waals surface area contributed by atoms with Gasteiger partial charge in [0.05, 0.1) is 6.42 Å². The van der Waals surface area contributed by atoms with Crippen molar-refractivity contribution >= 4 is 40.4 Å². The fraction of sp³-hybridized carbons (Fsp3) is 0.250. The quantitative estimate of drug-likeness (QED) is 0.620. The molecule has 0 spiro atoms. The van der Waals surface area contributed by atoms with Gasteiger partial charge in [-0.15, -0.1) is 0 Å². The molecule has 1 aromatic heterocycles. The Kier molecular flexibility index (Phi) is 5.44. The van der Waals surface area contributed by atoms with E-state index in [1.165, 1.54) is 0 Å². The maximum absolute atomic E-state index is 12.4. The highest BCUT2D eigenvalue weighted by atomic mass is 35.5. The molecule has 0 radical (unpaired) electrons. The minimum Gasteiger partial charge on any atom is -0.610 e. The molecule has 3 nitrogen and oxygen atoms in total. The number of aromatic nitrogens is 1. The summed E-state index contributed by atoms with van der Waals surface area (Å²) in [6, 6.07) is 0. The van der Waals surface area contributed by atoms with Crippen molar-refractivity contribution in [2.45, 2.75) is 10.8 Å². The Hall–Kier alpha value is -0.570. The average Bonchev–Trinajstić information content (AvgIpc) is 2.66. The molecule has 1 rings (SSSR count). The number of hydrogen-bond acceptors (Lipinski definition) is 4. The highest BCUT2D eigenvalue weighted by molar-refractivity contribution is 7.93. The second kappa shape index (κ2) is 6.39. The molecule has 1 unspecified atom stereocenters. The molecule has 0 aliphatic carbocycles. The summed E-state index contributed by atoms with van der Waals surface area (Å²) in [4.78, 5) is 14.1. The molecule has 0 bridgehead atoms. The Balaban J connectivity index is 2.67. The molecule has 0 amide bonds. The second-order valence-electron chi connectivity index (χ2n) is 2.72. The van der Waals surface area contributed by atoms with Gasteiger partial charge in [0.15, 0.2) is 12.1 Å². The van der Waals surface area contributed by atoms with Crippen molar-refractivity contribution in [1.29, 1.82) is 0 Å². The van der Waals surface area contributed by atoms with E-state index in [1.807, 2.05) is 0 Å². The van der Waals surface area contributed by atoms with E-state index in [1.54, 1.807) is 0 Å². The van der Waals surface area contributed by atoms with Crippen LogP contribution in [-0.2, 0) is 11.2 Å². The van der Waals surface area contributed by atoms with Crippen molar-refractivity contribution < 1.29 is 22.5 Å². The first kappa shape index (κ1) is 14.5. The number of halogens is 4. The topological polar surface area (TPSA) is 53.0 Å². The van der Waals surface area contributed by atoms with Gasteiger partial charge in [-0.25, -0.2) is 4.39 Å². The van der Waals surface area contributed by atoms with Crippen LogP contribution >= 0.6 is 22.9 Å². The van der Waals surface area contributed by atoms with Crippen molar-refractivity contribution in [3.8, 4) is 0 Å². The van der Waals surface area contributed by atoms with Gasteiger partial charge >= 0.3 is 10.4 Å². The van der Waals surface area contributed by atoms with E-state index in [-0.39, 0.29) is 20.1 Å². The number of carbonyl (C=O) groups is 1. The standard InChI is InChI=1S/C8H5ClF3NO2S2/c9-6-5(3-14)13-8(16-6)17(15)2-1-4(10)7(11)12/h3H,1-2H2. The van der Waals surface area contributed by atoms with E-state index < -0.39 is 29.5 Å². The Morgan fingerprint density at radius 2 is 2.18 bits per heavy atom. The van der Waals surface area contributed by atoms with Gasteiger partial charge in [0.2, 0.25) is 0 Å². The molecule has 0 fully saturated rings. The predicted molar refractivity (Wildman–Crippen MR) is 58.8 cm³/mol. The molecule has 0 saturated heterocycles. The van der Waals surface area contributed by atoms with Crippen molar-refractivity contribution in [1.82, 2.24) is 4.98 Å². The van der Waals surface area contributed by atoms with E-state index in [4.69, 9.17) is 11.6 Å². The van der Waals surface area contributed by atoms with E-state index in [0.717, 1.165) is 11.3 Å². The van der Waals surface area contributed by atoms with E-state index in [2.05, 4.69) is 4.98 Å². The lowest BCUT2D eigenvalue weighted by molar-refractivity contribution is 0.111. The molecule has 0 aromatic carbocycles. The number of hydrogen-bond donors (Lipinski definition) is 0. The Morgan fingerprint density at radius 3 is 2.65 bits per heavy atom. The molecule has 94 valence electrons. The van der Waals surface area contributed by atoms with E-state index >= 15 is 0 Å². The molecule has 1 atom stereocenters. The first-order chi connectivity index (χ1) is 7.95. The smallest absolute Gasteiger partial charge is 0.303 e. The minimum atomic E-state index is -2.42. The summed E-state index contributed by atoms with van der Waals surface area (Å²) in [5.41, 5.74) is -0.0623. The number of thiazole rings is 1. The minimum absolute atomic E-state index is 0.0177. The van der Waals surface area contributed by atoms with E-state index in [0.29, 0.717) is 6.29 Å². The Morgan fingerprint density at radius 1 is 1.53 bits per heavy atom. The Labute approximate surface area is 106 Å². The fourth-order valence-corrected chi connectivity index (χ4v) is 3.38. The third-order valence-electron chi connectivity index (χ3n) is 1.61. The van der Waals surface area contributed by atoms with Crippen LogP contribution in [0.4, 0.5) is 13.2 Å². The van der Waals surface area contributed by atoms with Crippen LogP contribution in [0.2, 0.25) is 4.34 Å². The van der Waals surface area contributed by atoms with Gasteiger partial charge in [-0.05, 0) is 0 Å². The average molecular weight is 304 g/mol. The third-order valence-corrected chi connectivity index (χ3v) is 4.55. The molecule has 0 aliphatic rings. The van der Waals surface area contributed by atoms with Crippen LogP contribution in [-0.4, -0.2) is 21.6 Å². The van der Waals surface area contributed by atoms with Crippen molar-refractivity contribution in [2.24, 2.45) is 0 Å². The lowest BCUT2D eigenvalue weighted by Gasteiger charge is -2.04. The summed E-state index contributed by atoms with van der Waals surface area (Å²) in [7, 11) is 0. The number of allylic oxidation sites excluding steroid dienone is 1. The van der Waals surface area contributed by atoms with Crippen molar-refractivity contribution in [3.63, 3.8) is 0 Å². The van der Waals surface area contributed by atoms with Crippen LogP contribution in [0.5, 0.6) is 0 Å². The first-order valence-electron chi connectivity index (χ1n) is 4.15. The van der Waals surface area contributed by atoms with Gasteiger partial charge in [0, 0.05) is 11.2 Å². The summed E-state index contributed by atoms with van der Waals surface area (Å²) in [6.07, 6.45) is -2.68. The molecule has 1 heterocycles. The molecule has 0 aliphatic heterocycles. The number of nitrogens with zero attached hydrogens (tertiary/aromatic N) is 1. The number of aldehydes is 1. The van der Waals surface area contributed by atoms with Crippen LogP contribution < -0.4 is 0 Å². The molecule has 0 saturated carbocycles. The second-order valence-corrected chi connectivity index (χ2v) is 6.07. The molecule has 1 aromatic rings. The molecular formula is C8H5ClF3NO2S2. The van der Waals surface area contributed by atoms with Gasteiger partial charge in [0.25, 0.3) is 0 Å². The summed E-state index contributed by atoms with van der Waals surface area (Å²) in [5, 5.41) is 0. The van der Waals surface area contributed by atoms with Crippen LogP contribution in [0.25, 0.3) is 0 Å². The zero-order chi connectivity index (χ0) is 13.0. The summed E-state index contributed by atoms with van der Waals surface area (Å²) >= 11 is 4.64. The van der Waals surface area contributed by atoms with Crippen molar-refractivity contribution in [3.05, 3.63) is 21.9 Å². The molecule has 9 heteroatoms. The zero-order valence-electron chi connectivity index (χ0n) is 8.08. The Bertz CT molecular complexity index is 448. The number of carbonyl (C=O) groups excluding carboxylic acids is 1.